The van der Waals surface area contributed by atoms with Crippen molar-refractivity contribution in [2.45, 2.75) is 58.5 Å². The molecule has 0 aromatic heterocycles. The average Bonchev–Trinajstić information content (AvgIpc) is 2.42. The molecule has 0 aliphatic heterocycles. The van der Waals surface area contributed by atoms with E-state index in [1.54, 1.807) is 7.11 Å². The molecule has 1 aromatic rings. The van der Waals surface area contributed by atoms with Crippen molar-refractivity contribution in [3.05, 3.63) is 41.5 Å². The van der Waals surface area contributed by atoms with Gasteiger partial charge in [-0.25, -0.2) is 0 Å². The van der Waals surface area contributed by atoms with Crippen LogP contribution in [-0.4, -0.2) is 13.2 Å². The molecule has 1 aromatic carbocycles. The molecular formula is C18H28O. The number of hydrogen-bond donors (Lipinski definition) is 0. The minimum atomic E-state index is 0.395. The van der Waals surface area contributed by atoms with Crippen LogP contribution in [0.1, 0.15) is 63.5 Å². The van der Waals surface area contributed by atoms with E-state index in [0.29, 0.717) is 12.0 Å². The maximum absolute atomic E-state index is 5.24. The fourth-order valence-electron chi connectivity index (χ4n) is 2.05. The fourth-order valence-corrected chi connectivity index (χ4v) is 2.05. The Bertz CT molecular complexity index is 379. The summed E-state index contributed by atoms with van der Waals surface area (Å²) in [5.41, 5.74) is 2.73. The van der Waals surface area contributed by atoms with Crippen molar-refractivity contribution in [3.8, 4) is 0 Å². The first kappa shape index (κ1) is 16.0. The van der Waals surface area contributed by atoms with Gasteiger partial charge in [0.25, 0.3) is 0 Å². The maximum atomic E-state index is 5.24. The summed E-state index contributed by atoms with van der Waals surface area (Å²) in [7, 11) is 1.78. The SMILES string of the molecule is CO[C@@H](C)CCCC/C=C/c1cccc(C(C)C)c1. The largest absolute Gasteiger partial charge is 0.382 e. The van der Waals surface area contributed by atoms with Crippen molar-refractivity contribution in [2.24, 2.45) is 0 Å². The van der Waals surface area contributed by atoms with Crippen LogP contribution in [0.4, 0.5) is 0 Å². The van der Waals surface area contributed by atoms with Gasteiger partial charge in [0, 0.05) is 7.11 Å². The zero-order chi connectivity index (χ0) is 14.1. The van der Waals surface area contributed by atoms with E-state index in [-0.39, 0.29) is 0 Å². The second kappa shape index (κ2) is 8.92. The summed E-state index contributed by atoms with van der Waals surface area (Å²) in [6, 6.07) is 8.81. The van der Waals surface area contributed by atoms with Crippen molar-refractivity contribution in [3.63, 3.8) is 0 Å². The van der Waals surface area contributed by atoms with Crippen LogP contribution in [0, 0.1) is 0 Å². The smallest absolute Gasteiger partial charge is 0.0543 e. The molecule has 19 heavy (non-hydrogen) atoms. The highest BCUT2D eigenvalue weighted by molar-refractivity contribution is 5.50. The van der Waals surface area contributed by atoms with Crippen LogP contribution in [0.25, 0.3) is 6.08 Å². The van der Waals surface area contributed by atoms with Gasteiger partial charge in [-0.2, -0.15) is 0 Å². The van der Waals surface area contributed by atoms with E-state index in [2.05, 4.69) is 57.2 Å². The summed E-state index contributed by atoms with van der Waals surface area (Å²) < 4.78 is 5.24. The zero-order valence-electron chi connectivity index (χ0n) is 12.9. The quantitative estimate of drug-likeness (QED) is 0.567. The predicted molar refractivity (Wildman–Crippen MR) is 84.5 cm³/mol. The summed E-state index contributed by atoms with van der Waals surface area (Å²) in [6.07, 6.45) is 9.73. The monoisotopic (exact) mass is 260 g/mol. The minimum absolute atomic E-state index is 0.395. The average molecular weight is 260 g/mol. The third-order valence-electron chi connectivity index (χ3n) is 3.52. The van der Waals surface area contributed by atoms with Gasteiger partial charge >= 0.3 is 0 Å². The Morgan fingerprint density at radius 2 is 1.95 bits per heavy atom. The van der Waals surface area contributed by atoms with Gasteiger partial charge in [0.15, 0.2) is 0 Å². The van der Waals surface area contributed by atoms with Crippen molar-refractivity contribution in [1.29, 1.82) is 0 Å². The summed E-state index contributed by atoms with van der Waals surface area (Å²) in [6.45, 7) is 6.60. The Hall–Kier alpha value is -1.08. The molecule has 1 rings (SSSR count). The number of rotatable bonds is 8. The van der Waals surface area contributed by atoms with Crippen molar-refractivity contribution < 1.29 is 4.74 Å². The second-order valence-electron chi connectivity index (χ2n) is 5.56. The van der Waals surface area contributed by atoms with Crippen LogP contribution in [0.5, 0.6) is 0 Å². The zero-order valence-corrected chi connectivity index (χ0v) is 12.9. The van der Waals surface area contributed by atoms with E-state index < -0.39 is 0 Å². The lowest BCUT2D eigenvalue weighted by atomic mass is 10.0. The first-order valence-electron chi connectivity index (χ1n) is 7.42. The molecule has 0 fully saturated rings. The first-order chi connectivity index (χ1) is 9.13. The molecule has 0 radical (unpaired) electrons. The molecule has 1 heteroatoms. The van der Waals surface area contributed by atoms with E-state index in [0.717, 1.165) is 12.8 Å². The highest BCUT2D eigenvalue weighted by Gasteiger charge is 1.99. The molecule has 0 aliphatic carbocycles. The lowest BCUT2D eigenvalue weighted by Gasteiger charge is -2.07. The molecule has 0 amide bonds. The number of benzene rings is 1. The van der Waals surface area contributed by atoms with Gasteiger partial charge in [-0.1, -0.05) is 56.7 Å². The molecule has 0 saturated heterocycles. The topological polar surface area (TPSA) is 9.23 Å². The maximum Gasteiger partial charge on any atom is 0.0543 e. The van der Waals surface area contributed by atoms with E-state index >= 15 is 0 Å². The Morgan fingerprint density at radius 3 is 2.63 bits per heavy atom. The van der Waals surface area contributed by atoms with E-state index in [9.17, 15) is 0 Å². The number of hydrogen-bond acceptors (Lipinski definition) is 1. The molecule has 0 spiro atoms. The Labute approximate surface area is 118 Å². The van der Waals surface area contributed by atoms with Gasteiger partial charge in [0.2, 0.25) is 0 Å². The van der Waals surface area contributed by atoms with Crippen LogP contribution in [0.2, 0.25) is 0 Å². The third kappa shape index (κ3) is 6.58. The molecule has 0 bridgehead atoms. The molecule has 0 saturated carbocycles. The fraction of sp³-hybridized carbons (Fsp3) is 0.556. The van der Waals surface area contributed by atoms with Gasteiger partial charge in [0.05, 0.1) is 6.10 Å². The number of ether oxygens (including phenoxy) is 1. The minimum Gasteiger partial charge on any atom is -0.382 e. The van der Waals surface area contributed by atoms with Gasteiger partial charge in [-0.15, -0.1) is 0 Å². The third-order valence-corrected chi connectivity index (χ3v) is 3.52. The summed E-state index contributed by atoms with van der Waals surface area (Å²) in [5, 5.41) is 0. The highest BCUT2D eigenvalue weighted by atomic mass is 16.5. The van der Waals surface area contributed by atoms with Gasteiger partial charge in [-0.05, 0) is 43.2 Å². The Kier molecular flexibility index (Phi) is 7.50. The van der Waals surface area contributed by atoms with Gasteiger partial charge in [0.1, 0.15) is 0 Å². The van der Waals surface area contributed by atoms with E-state index in [1.165, 1.54) is 24.0 Å². The number of allylic oxidation sites excluding steroid dienone is 1. The normalized spacial score (nSPS) is 13.3. The molecule has 106 valence electrons. The first-order valence-corrected chi connectivity index (χ1v) is 7.42. The van der Waals surface area contributed by atoms with Gasteiger partial charge < -0.3 is 4.74 Å². The van der Waals surface area contributed by atoms with E-state index in [4.69, 9.17) is 4.74 Å². The molecule has 0 heterocycles. The van der Waals surface area contributed by atoms with Gasteiger partial charge in [-0.3, -0.25) is 0 Å². The summed E-state index contributed by atoms with van der Waals surface area (Å²) >= 11 is 0. The van der Waals surface area contributed by atoms with E-state index in [1.807, 2.05) is 0 Å². The van der Waals surface area contributed by atoms with Crippen LogP contribution in [0.3, 0.4) is 0 Å². The molecule has 0 aliphatic rings. The van der Waals surface area contributed by atoms with Crippen LogP contribution >= 0.6 is 0 Å². The Balaban J connectivity index is 2.31. The molecule has 0 unspecified atom stereocenters. The van der Waals surface area contributed by atoms with Crippen LogP contribution in [-0.2, 0) is 4.74 Å². The van der Waals surface area contributed by atoms with Crippen LogP contribution < -0.4 is 0 Å². The lowest BCUT2D eigenvalue weighted by molar-refractivity contribution is 0.108. The highest BCUT2D eigenvalue weighted by Crippen LogP contribution is 2.16. The molecular weight excluding hydrogens is 232 g/mol. The molecule has 1 nitrogen and oxygen atoms in total. The Morgan fingerprint density at radius 1 is 1.16 bits per heavy atom. The lowest BCUT2D eigenvalue weighted by Crippen LogP contribution is -2.03. The second-order valence-corrected chi connectivity index (χ2v) is 5.56. The predicted octanol–water partition coefficient (Wildman–Crippen LogP) is 5.42. The van der Waals surface area contributed by atoms with Crippen molar-refractivity contribution >= 4 is 6.08 Å². The molecule has 0 N–H and O–H groups in total. The van der Waals surface area contributed by atoms with Crippen molar-refractivity contribution in [1.82, 2.24) is 0 Å². The molecule has 1 atom stereocenters. The standard InChI is InChI=1S/C18H28O/c1-15(2)18-13-9-12-17(14-18)11-8-6-5-7-10-16(3)19-4/h8-9,11-16H,5-7,10H2,1-4H3/b11-8+/t16-/m0/s1. The summed E-state index contributed by atoms with van der Waals surface area (Å²) in [4.78, 5) is 0. The van der Waals surface area contributed by atoms with Crippen LogP contribution in [0.15, 0.2) is 30.3 Å². The van der Waals surface area contributed by atoms with Crippen molar-refractivity contribution in [2.75, 3.05) is 7.11 Å². The summed E-state index contributed by atoms with van der Waals surface area (Å²) in [5.74, 6) is 0.601. The number of methoxy groups -OCH3 is 1. The number of unbranched alkanes of at least 4 members (excludes halogenated alkanes) is 2.